The van der Waals surface area contributed by atoms with E-state index in [1.807, 2.05) is 24.3 Å². The molecule has 0 amide bonds. The van der Waals surface area contributed by atoms with Gasteiger partial charge in [0.1, 0.15) is 0 Å². The summed E-state index contributed by atoms with van der Waals surface area (Å²) in [5, 5.41) is 25.4. The molecule has 6 nitrogen and oxygen atoms in total. The Bertz CT molecular complexity index is 896. The van der Waals surface area contributed by atoms with Gasteiger partial charge >= 0.3 is 5.97 Å². The predicted molar refractivity (Wildman–Crippen MR) is 107 cm³/mol. The Labute approximate surface area is 167 Å². The Hall–Kier alpha value is -2.95. The van der Waals surface area contributed by atoms with Crippen LogP contribution in [0.15, 0.2) is 53.7 Å². The molecule has 0 saturated heterocycles. The number of nitrogens with zero attached hydrogens (tertiary/aromatic N) is 2. The highest BCUT2D eigenvalue weighted by Gasteiger charge is 2.21. The van der Waals surface area contributed by atoms with Crippen molar-refractivity contribution in [2.75, 3.05) is 0 Å². The summed E-state index contributed by atoms with van der Waals surface area (Å²) in [6.45, 7) is 0.384. The van der Waals surface area contributed by atoms with Gasteiger partial charge in [0.25, 0.3) is 0 Å². The minimum absolute atomic E-state index is 0.0370. The van der Waals surface area contributed by atoms with Gasteiger partial charge < -0.3 is 15.3 Å². The third kappa shape index (κ3) is 6.70. The molecule has 0 spiro atoms. The highest BCUT2D eigenvalue weighted by molar-refractivity contribution is 7.80. The number of carbonyl (C=O) groups is 1. The van der Waals surface area contributed by atoms with E-state index in [1.54, 1.807) is 30.3 Å². The second-order valence-electron chi connectivity index (χ2n) is 5.48. The topological polar surface area (TPSA) is 94.7 Å². The number of carboxylic acid groups (broad SMARTS) is 1. The minimum atomic E-state index is -1.23. The third-order valence-corrected chi connectivity index (χ3v) is 4.17. The summed E-state index contributed by atoms with van der Waals surface area (Å²) in [6, 6.07) is 16.0. The van der Waals surface area contributed by atoms with E-state index >= 15 is 0 Å². The first-order valence-corrected chi connectivity index (χ1v) is 8.70. The second kappa shape index (κ2) is 10.3. The molecule has 2 N–H and O–H groups in total. The van der Waals surface area contributed by atoms with Crippen molar-refractivity contribution < 1.29 is 14.7 Å². The van der Waals surface area contributed by atoms with Gasteiger partial charge in [-0.05, 0) is 29.3 Å². The number of oxime groups is 1. The first-order valence-electron chi connectivity index (χ1n) is 7.92. The van der Waals surface area contributed by atoms with Crippen LogP contribution in [0, 0.1) is 11.3 Å². The van der Waals surface area contributed by atoms with Crippen molar-refractivity contribution in [2.45, 2.75) is 19.1 Å². The lowest BCUT2D eigenvalue weighted by atomic mass is 10.1. The van der Waals surface area contributed by atoms with Crippen LogP contribution in [-0.4, -0.2) is 28.4 Å². The maximum absolute atomic E-state index is 11.4. The SMILES string of the molecule is N#Cc1cccc(C=NOC(CC(=S)NCc2ccccc2Cl)C(=O)O)c1. The van der Waals surface area contributed by atoms with Crippen molar-refractivity contribution in [3.05, 3.63) is 70.2 Å². The highest BCUT2D eigenvalue weighted by Crippen LogP contribution is 2.14. The molecule has 1 unspecified atom stereocenters. The van der Waals surface area contributed by atoms with Crippen LogP contribution in [0.1, 0.15) is 23.1 Å². The molecule has 0 aliphatic heterocycles. The van der Waals surface area contributed by atoms with Crippen LogP contribution in [-0.2, 0) is 16.2 Å². The minimum Gasteiger partial charge on any atom is -0.478 e. The van der Waals surface area contributed by atoms with Gasteiger partial charge in [0.2, 0.25) is 6.10 Å². The fourth-order valence-electron chi connectivity index (χ4n) is 2.10. The van der Waals surface area contributed by atoms with Gasteiger partial charge in [-0.2, -0.15) is 5.26 Å². The molecule has 138 valence electrons. The summed E-state index contributed by atoms with van der Waals surface area (Å²) < 4.78 is 0. The van der Waals surface area contributed by atoms with Crippen LogP contribution < -0.4 is 5.32 Å². The van der Waals surface area contributed by atoms with Gasteiger partial charge in [0.05, 0.1) is 22.8 Å². The van der Waals surface area contributed by atoms with Crippen molar-refractivity contribution >= 4 is 41.0 Å². The van der Waals surface area contributed by atoms with E-state index in [-0.39, 0.29) is 6.42 Å². The lowest BCUT2D eigenvalue weighted by molar-refractivity contribution is -0.149. The van der Waals surface area contributed by atoms with E-state index in [0.717, 1.165) is 5.56 Å². The number of nitrogens with one attached hydrogen (secondary N) is 1. The molecule has 2 rings (SSSR count). The summed E-state index contributed by atoms with van der Waals surface area (Å²) >= 11 is 11.3. The zero-order valence-electron chi connectivity index (χ0n) is 14.1. The van der Waals surface area contributed by atoms with Crippen molar-refractivity contribution in [1.29, 1.82) is 5.26 Å². The van der Waals surface area contributed by atoms with Crippen LogP contribution in [0.25, 0.3) is 0 Å². The Balaban J connectivity index is 1.90. The smallest absolute Gasteiger partial charge is 0.348 e. The van der Waals surface area contributed by atoms with Crippen LogP contribution in [0.3, 0.4) is 0 Å². The molecule has 2 aromatic rings. The van der Waals surface area contributed by atoms with Gasteiger partial charge in [-0.15, -0.1) is 0 Å². The normalized spacial score (nSPS) is 11.6. The standard InChI is InChI=1S/C19H16ClN3O3S/c20-16-7-2-1-6-15(16)12-22-18(27)9-17(19(24)25)26-23-11-14-5-3-4-13(8-14)10-21/h1-8,11,17H,9,12H2,(H,22,27)(H,24,25). The number of benzene rings is 2. The zero-order chi connectivity index (χ0) is 19.6. The lowest BCUT2D eigenvalue weighted by Gasteiger charge is -2.13. The average Bonchev–Trinajstić information content (AvgIpc) is 2.66. The van der Waals surface area contributed by atoms with Gasteiger partial charge in [0, 0.05) is 18.0 Å². The monoisotopic (exact) mass is 401 g/mol. The van der Waals surface area contributed by atoms with Crippen LogP contribution in [0.2, 0.25) is 5.02 Å². The van der Waals surface area contributed by atoms with E-state index < -0.39 is 12.1 Å². The average molecular weight is 402 g/mol. The maximum Gasteiger partial charge on any atom is 0.348 e. The molecule has 0 bridgehead atoms. The number of carboxylic acids is 1. The maximum atomic E-state index is 11.4. The van der Waals surface area contributed by atoms with Crippen molar-refractivity contribution in [1.82, 2.24) is 5.32 Å². The number of hydrogen-bond acceptors (Lipinski definition) is 5. The molecule has 27 heavy (non-hydrogen) atoms. The van der Waals surface area contributed by atoms with E-state index in [0.29, 0.717) is 27.7 Å². The molecule has 0 radical (unpaired) electrons. The fourth-order valence-corrected chi connectivity index (χ4v) is 2.53. The molecule has 0 aromatic heterocycles. The molecule has 2 aromatic carbocycles. The van der Waals surface area contributed by atoms with Crippen molar-refractivity contribution in [3.8, 4) is 6.07 Å². The largest absolute Gasteiger partial charge is 0.478 e. The summed E-state index contributed by atoms with van der Waals surface area (Å²) in [5.74, 6) is -1.18. The highest BCUT2D eigenvalue weighted by atomic mass is 35.5. The Kier molecular flexibility index (Phi) is 7.74. The molecule has 0 saturated carbocycles. The van der Waals surface area contributed by atoms with Crippen molar-refractivity contribution in [2.24, 2.45) is 5.16 Å². The van der Waals surface area contributed by atoms with Crippen LogP contribution in [0.4, 0.5) is 0 Å². The van der Waals surface area contributed by atoms with Gasteiger partial charge in [-0.1, -0.05) is 59.3 Å². The van der Waals surface area contributed by atoms with E-state index in [2.05, 4.69) is 10.5 Å². The summed E-state index contributed by atoms with van der Waals surface area (Å²) in [4.78, 5) is 16.7. The second-order valence-corrected chi connectivity index (χ2v) is 6.38. The first-order chi connectivity index (χ1) is 13.0. The Morgan fingerprint density at radius 2 is 2.15 bits per heavy atom. The van der Waals surface area contributed by atoms with Gasteiger partial charge in [-0.3, -0.25) is 0 Å². The van der Waals surface area contributed by atoms with Gasteiger partial charge in [-0.25, -0.2) is 4.79 Å². The number of nitriles is 1. The summed E-state index contributed by atoms with van der Waals surface area (Å²) in [5.41, 5.74) is 1.95. The number of hydrogen-bond donors (Lipinski definition) is 2. The fraction of sp³-hybridized carbons (Fsp3) is 0.158. The summed E-state index contributed by atoms with van der Waals surface area (Å²) in [6.07, 6.45) is 0.0773. The first kappa shape index (κ1) is 20.4. The molecule has 8 heteroatoms. The zero-order valence-corrected chi connectivity index (χ0v) is 15.7. The van der Waals surface area contributed by atoms with Crippen LogP contribution in [0.5, 0.6) is 0 Å². The van der Waals surface area contributed by atoms with E-state index in [9.17, 15) is 9.90 Å². The van der Waals surface area contributed by atoms with Gasteiger partial charge in [0.15, 0.2) is 0 Å². The number of aliphatic carboxylic acids is 1. The number of halogens is 1. The van der Waals surface area contributed by atoms with E-state index in [4.69, 9.17) is 33.9 Å². The molecular weight excluding hydrogens is 386 g/mol. The summed E-state index contributed by atoms with van der Waals surface area (Å²) in [7, 11) is 0. The lowest BCUT2D eigenvalue weighted by Crippen LogP contribution is -2.31. The molecule has 0 aliphatic carbocycles. The predicted octanol–water partition coefficient (Wildman–Crippen LogP) is 3.52. The Morgan fingerprint density at radius 1 is 1.37 bits per heavy atom. The number of thiocarbonyl (C=S) groups is 1. The molecule has 0 aliphatic rings. The molecule has 1 atom stereocenters. The molecular formula is C19H16ClN3O3S. The molecule has 0 heterocycles. The third-order valence-electron chi connectivity index (χ3n) is 3.49. The Morgan fingerprint density at radius 3 is 2.85 bits per heavy atom. The number of rotatable bonds is 8. The van der Waals surface area contributed by atoms with Crippen molar-refractivity contribution in [3.63, 3.8) is 0 Å². The van der Waals surface area contributed by atoms with Crippen LogP contribution >= 0.6 is 23.8 Å². The van der Waals surface area contributed by atoms with E-state index in [1.165, 1.54) is 6.21 Å². The molecule has 0 fully saturated rings. The quantitative estimate of drug-likeness (QED) is 0.399.